The quantitative estimate of drug-likeness (QED) is 0.767. The largest absolute Gasteiger partial charge is 0.381 e. The third kappa shape index (κ3) is 4.88. The van der Waals surface area contributed by atoms with Crippen LogP contribution in [-0.4, -0.2) is 20.5 Å². The lowest BCUT2D eigenvalue weighted by molar-refractivity contribution is 0.378. The Morgan fingerprint density at radius 3 is 1.92 bits per heavy atom. The number of hydrogen-bond donors (Lipinski definition) is 2. The number of anilines is 1. The molecule has 0 bridgehead atoms. The molecule has 3 rings (SSSR count). The zero-order valence-corrected chi connectivity index (χ0v) is 15.9. The predicted molar refractivity (Wildman–Crippen MR) is 103 cm³/mol. The second-order valence-corrected chi connectivity index (χ2v) is 8.81. The van der Waals surface area contributed by atoms with Gasteiger partial charge in [0.25, 0.3) is 0 Å². The van der Waals surface area contributed by atoms with E-state index in [1.54, 1.807) is 12.1 Å². The highest BCUT2D eigenvalue weighted by molar-refractivity contribution is 7.89. The maximum atomic E-state index is 12.7. The van der Waals surface area contributed by atoms with Gasteiger partial charge in [-0.05, 0) is 61.4 Å². The Morgan fingerprint density at radius 1 is 0.800 bits per heavy atom. The molecule has 1 aliphatic carbocycles. The molecule has 134 valence electrons. The van der Waals surface area contributed by atoms with Crippen molar-refractivity contribution < 1.29 is 8.42 Å². The van der Waals surface area contributed by atoms with Gasteiger partial charge in [-0.2, -0.15) is 0 Å². The lowest BCUT2D eigenvalue weighted by Gasteiger charge is -2.33. The summed E-state index contributed by atoms with van der Waals surface area (Å²) in [5.41, 5.74) is 0.937. The van der Waals surface area contributed by atoms with Crippen LogP contribution in [0.25, 0.3) is 0 Å². The van der Waals surface area contributed by atoms with Gasteiger partial charge in [-0.3, -0.25) is 0 Å². The summed E-state index contributed by atoms with van der Waals surface area (Å²) in [6.45, 7) is 0. The van der Waals surface area contributed by atoms with Crippen LogP contribution >= 0.6 is 23.2 Å². The molecule has 0 spiro atoms. The number of sulfonamides is 1. The average molecular weight is 399 g/mol. The van der Waals surface area contributed by atoms with Crippen LogP contribution in [0.2, 0.25) is 10.0 Å². The molecule has 0 radical (unpaired) electrons. The first-order chi connectivity index (χ1) is 11.9. The summed E-state index contributed by atoms with van der Waals surface area (Å²) in [5, 5.41) is 4.62. The Morgan fingerprint density at radius 2 is 1.32 bits per heavy atom. The first kappa shape index (κ1) is 18.5. The predicted octanol–water partition coefficient (Wildman–Crippen LogP) is 4.70. The summed E-state index contributed by atoms with van der Waals surface area (Å²) in [6, 6.07) is 13.5. The second-order valence-electron chi connectivity index (χ2n) is 6.22. The van der Waals surface area contributed by atoms with Crippen molar-refractivity contribution in [3.05, 3.63) is 58.6 Å². The molecule has 1 saturated carbocycles. The van der Waals surface area contributed by atoms with E-state index in [2.05, 4.69) is 10.0 Å². The fourth-order valence-electron chi connectivity index (χ4n) is 3.09. The number of nitrogens with one attached hydrogen (secondary N) is 2. The fraction of sp³-hybridized carbons (Fsp3) is 0.333. The minimum Gasteiger partial charge on any atom is -0.381 e. The van der Waals surface area contributed by atoms with Crippen molar-refractivity contribution >= 4 is 38.9 Å². The Balaban J connectivity index is 1.74. The maximum absolute atomic E-state index is 12.7. The Bertz CT molecular complexity index is 808. The monoisotopic (exact) mass is 398 g/mol. The van der Waals surface area contributed by atoms with E-state index >= 15 is 0 Å². The van der Waals surface area contributed by atoms with E-state index in [9.17, 15) is 8.42 Å². The van der Waals surface area contributed by atoms with E-state index in [0.29, 0.717) is 10.0 Å². The van der Waals surface area contributed by atoms with Crippen molar-refractivity contribution in [2.24, 2.45) is 0 Å². The average Bonchev–Trinajstić information content (AvgIpc) is 2.59. The molecule has 0 amide bonds. The lowest BCUT2D eigenvalue weighted by atomic mass is 9.91. The van der Waals surface area contributed by atoms with E-state index in [4.69, 9.17) is 23.2 Å². The molecular formula is C18H20Cl2N2O2S. The molecule has 2 N–H and O–H groups in total. The number of halogens is 2. The summed E-state index contributed by atoms with van der Waals surface area (Å²) >= 11 is 11.8. The molecule has 7 heteroatoms. The molecule has 0 unspecified atom stereocenters. The highest BCUT2D eigenvalue weighted by atomic mass is 35.5. The SMILES string of the molecule is O=S(=O)(N[C@@H]1CCCC[C@@H]1Nc1ccc(Cl)cc1)c1ccc(Cl)cc1. The highest BCUT2D eigenvalue weighted by Crippen LogP contribution is 2.25. The molecule has 0 aromatic heterocycles. The van der Waals surface area contributed by atoms with Gasteiger partial charge in [0, 0.05) is 27.8 Å². The van der Waals surface area contributed by atoms with E-state index in [1.165, 1.54) is 12.1 Å². The molecule has 25 heavy (non-hydrogen) atoms. The summed E-state index contributed by atoms with van der Waals surface area (Å²) in [5.74, 6) is 0. The van der Waals surface area contributed by atoms with Gasteiger partial charge in [0.1, 0.15) is 0 Å². The van der Waals surface area contributed by atoms with E-state index in [0.717, 1.165) is 31.4 Å². The first-order valence-electron chi connectivity index (χ1n) is 8.24. The molecule has 1 aliphatic rings. The summed E-state index contributed by atoms with van der Waals surface area (Å²) in [6.07, 6.45) is 3.80. The smallest absolute Gasteiger partial charge is 0.240 e. The zero-order chi connectivity index (χ0) is 17.9. The van der Waals surface area contributed by atoms with Gasteiger partial charge in [-0.25, -0.2) is 13.1 Å². The van der Waals surface area contributed by atoms with Crippen molar-refractivity contribution in [1.82, 2.24) is 4.72 Å². The maximum Gasteiger partial charge on any atom is 0.240 e. The summed E-state index contributed by atoms with van der Waals surface area (Å²) in [7, 11) is -3.58. The Labute approximate surface area is 158 Å². The van der Waals surface area contributed by atoms with Crippen LogP contribution in [0, 0.1) is 0 Å². The molecule has 4 nitrogen and oxygen atoms in total. The van der Waals surface area contributed by atoms with Crippen LogP contribution in [0.1, 0.15) is 25.7 Å². The minimum atomic E-state index is -3.58. The second kappa shape index (κ2) is 7.96. The normalized spacial score (nSPS) is 21.0. The molecule has 1 fully saturated rings. The van der Waals surface area contributed by atoms with Crippen molar-refractivity contribution in [2.75, 3.05) is 5.32 Å². The van der Waals surface area contributed by atoms with E-state index < -0.39 is 10.0 Å². The van der Waals surface area contributed by atoms with Crippen LogP contribution in [0.15, 0.2) is 53.4 Å². The molecule has 2 aromatic carbocycles. The zero-order valence-electron chi connectivity index (χ0n) is 13.6. The first-order valence-corrected chi connectivity index (χ1v) is 10.5. The number of benzene rings is 2. The van der Waals surface area contributed by atoms with Crippen LogP contribution in [-0.2, 0) is 10.0 Å². The van der Waals surface area contributed by atoms with Crippen molar-refractivity contribution in [1.29, 1.82) is 0 Å². The van der Waals surface area contributed by atoms with Gasteiger partial charge in [0.15, 0.2) is 0 Å². The minimum absolute atomic E-state index is 0.0389. The van der Waals surface area contributed by atoms with Crippen LogP contribution in [0.5, 0.6) is 0 Å². The van der Waals surface area contributed by atoms with E-state index in [-0.39, 0.29) is 17.0 Å². The van der Waals surface area contributed by atoms with Crippen LogP contribution < -0.4 is 10.0 Å². The summed E-state index contributed by atoms with van der Waals surface area (Å²) < 4.78 is 28.2. The van der Waals surface area contributed by atoms with Crippen LogP contribution in [0.3, 0.4) is 0 Å². The third-order valence-corrected chi connectivity index (χ3v) is 6.40. The van der Waals surface area contributed by atoms with Crippen LogP contribution in [0.4, 0.5) is 5.69 Å². The topological polar surface area (TPSA) is 58.2 Å². The lowest BCUT2D eigenvalue weighted by Crippen LogP contribution is -2.48. The number of rotatable bonds is 5. The van der Waals surface area contributed by atoms with Crippen molar-refractivity contribution in [3.63, 3.8) is 0 Å². The van der Waals surface area contributed by atoms with Gasteiger partial charge in [0.05, 0.1) is 4.90 Å². The van der Waals surface area contributed by atoms with Crippen molar-refractivity contribution in [3.8, 4) is 0 Å². The highest BCUT2D eigenvalue weighted by Gasteiger charge is 2.29. The Hall–Kier alpha value is -1.27. The standard InChI is InChI=1S/C18H20Cl2N2O2S/c19-13-5-9-15(10-6-13)21-17-3-1-2-4-18(17)22-25(23,24)16-11-7-14(20)8-12-16/h5-12,17-18,21-22H,1-4H2/t17-,18+/m0/s1. The number of hydrogen-bond acceptors (Lipinski definition) is 3. The molecule has 0 heterocycles. The van der Waals surface area contributed by atoms with E-state index in [1.807, 2.05) is 24.3 Å². The van der Waals surface area contributed by atoms with Crippen molar-refractivity contribution in [2.45, 2.75) is 42.7 Å². The van der Waals surface area contributed by atoms with Gasteiger partial charge in [-0.15, -0.1) is 0 Å². The molecule has 2 atom stereocenters. The van der Waals surface area contributed by atoms with Gasteiger partial charge in [-0.1, -0.05) is 36.0 Å². The van der Waals surface area contributed by atoms with Gasteiger partial charge < -0.3 is 5.32 Å². The Kier molecular flexibility index (Phi) is 5.89. The fourth-order valence-corrected chi connectivity index (χ4v) is 4.65. The summed E-state index contributed by atoms with van der Waals surface area (Å²) in [4.78, 5) is 0.229. The van der Waals surface area contributed by atoms with Gasteiger partial charge in [0.2, 0.25) is 10.0 Å². The van der Waals surface area contributed by atoms with Gasteiger partial charge >= 0.3 is 0 Å². The molecule has 0 saturated heterocycles. The molecular weight excluding hydrogens is 379 g/mol. The molecule has 0 aliphatic heterocycles. The third-order valence-electron chi connectivity index (χ3n) is 4.39. The molecule has 2 aromatic rings.